The lowest BCUT2D eigenvalue weighted by Crippen LogP contribution is -2.30. The van der Waals surface area contributed by atoms with E-state index in [1.807, 2.05) is 32.9 Å². The summed E-state index contributed by atoms with van der Waals surface area (Å²) < 4.78 is 7.09. The van der Waals surface area contributed by atoms with Crippen molar-refractivity contribution in [3.8, 4) is 0 Å². The molecule has 0 aliphatic rings. The number of benzene rings is 1. The molecule has 0 bridgehead atoms. The van der Waals surface area contributed by atoms with Gasteiger partial charge in [0.1, 0.15) is 5.76 Å². The quantitative estimate of drug-likeness (QED) is 0.783. The third-order valence-corrected chi connectivity index (χ3v) is 4.31. The molecule has 0 unspecified atom stereocenters. The van der Waals surface area contributed by atoms with Gasteiger partial charge in [0.2, 0.25) is 0 Å². The summed E-state index contributed by atoms with van der Waals surface area (Å²) in [6.45, 7) is 7.40. The van der Waals surface area contributed by atoms with E-state index in [1.165, 1.54) is 0 Å². The van der Waals surface area contributed by atoms with Crippen molar-refractivity contribution in [1.82, 2.24) is 14.5 Å². The van der Waals surface area contributed by atoms with E-state index < -0.39 is 0 Å². The van der Waals surface area contributed by atoms with Crippen molar-refractivity contribution in [2.45, 2.75) is 33.9 Å². The van der Waals surface area contributed by atoms with Crippen molar-refractivity contribution in [3.63, 3.8) is 0 Å². The van der Waals surface area contributed by atoms with Crippen LogP contribution in [0.1, 0.15) is 35.5 Å². The number of H-pyrrole nitrogens is 1. The summed E-state index contributed by atoms with van der Waals surface area (Å²) in [4.78, 5) is 29.2. The number of hydrogen-bond donors (Lipinski definition) is 1. The van der Waals surface area contributed by atoms with Gasteiger partial charge in [-0.25, -0.2) is 4.79 Å². The van der Waals surface area contributed by atoms with Gasteiger partial charge in [0, 0.05) is 18.7 Å². The fourth-order valence-electron chi connectivity index (χ4n) is 2.86. The van der Waals surface area contributed by atoms with Crippen LogP contribution in [-0.2, 0) is 13.1 Å². The molecule has 0 fully saturated rings. The first-order valence-electron chi connectivity index (χ1n) is 8.10. The van der Waals surface area contributed by atoms with Crippen molar-refractivity contribution in [2.75, 3.05) is 6.54 Å². The molecule has 6 heteroatoms. The van der Waals surface area contributed by atoms with Crippen molar-refractivity contribution >= 4 is 16.9 Å². The lowest BCUT2D eigenvalue weighted by molar-refractivity contribution is 0.0741. The van der Waals surface area contributed by atoms with Crippen LogP contribution in [0.15, 0.2) is 39.7 Å². The Balaban J connectivity index is 1.92. The van der Waals surface area contributed by atoms with Crippen LogP contribution in [0.2, 0.25) is 0 Å². The standard InChI is InChI=1S/C18H21N3O3/c1-4-20(11-16-12(3)8-9-24-16)17(22)13-6-7-15-14(10-13)19-18(23)21(15)5-2/h6-10H,4-5,11H2,1-3H3,(H,19,23). The lowest BCUT2D eigenvalue weighted by Gasteiger charge is -2.20. The topological polar surface area (TPSA) is 71.2 Å². The molecule has 3 aromatic rings. The molecule has 126 valence electrons. The second kappa shape index (κ2) is 6.39. The largest absolute Gasteiger partial charge is 0.467 e. The van der Waals surface area contributed by atoms with E-state index in [4.69, 9.17) is 4.42 Å². The Kier molecular flexibility index (Phi) is 4.29. The second-order valence-corrected chi connectivity index (χ2v) is 5.75. The highest BCUT2D eigenvalue weighted by atomic mass is 16.3. The number of rotatable bonds is 5. The fourth-order valence-corrected chi connectivity index (χ4v) is 2.86. The summed E-state index contributed by atoms with van der Waals surface area (Å²) >= 11 is 0. The number of aromatic amines is 1. The van der Waals surface area contributed by atoms with Crippen molar-refractivity contribution in [2.24, 2.45) is 0 Å². The molecule has 6 nitrogen and oxygen atoms in total. The molecular weight excluding hydrogens is 306 g/mol. The number of aryl methyl sites for hydroxylation is 2. The summed E-state index contributed by atoms with van der Waals surface area (Å²) in [5.74, 6) is 0.706. The van der Waals surface area contributed by atoms with Gasteiger partial charge in [-0.2, -0.15) is 0 Å². The number of furan rings is 1. The number of carbonyl (C=O) groups excluding carboxylic acids is 1. The molecule has 0 aliphatic carbocycles. The van der Waals surface area contributed by atoms with Crippen LogP contribution in [0.4, 0.5) is 0 Å². The van der Waals surface area contributed by atoms with Gasteiger partial charge in [-0.3, -0.25) is 9.36 Å². The second-order valence-electron chi connectivity index (χ2n) is 5.75. The predicted molar refractivity (Wildman–Crippen MR) is 92.1 cm³/mol. The maximum atomic E-state index is 12.8. The first-order chi connectivity index (χ1) is 11.5. The molecular formula is C18H21N3O3. The number of nitrogens with zero attached hydrogens (tertiary/aromatic N) is 2. The van der Waals surface area contributed by atoms with E-state index in [-0.39, 0.29) is 11.6 Å². The summed E-state index contributed by atoms with van der Waals surface area (Å²) in [5.41, 5.74) is 2.91. The number of carbonyl (C=O) groups is 1. The number of nitrogens with one attached hydrogen (secondary N) is 1. The van der Waals surface area contributed by atoms with E-state index in [9.17, 15) is 9.59 Å². The van der Waals surface area contributed by atoms with Gasteiger partial charge in [-0.05, 0) is 50.6 Å². The fraction of sp³-hybridized carbons (Fsp3) is 0.333. The Morgan fingerprint density at radius 2 is 2.08 bits per heavy atom. The predicted octanol–water partition coefficient (Wildman–Crippen LogP) is 2.91. The number of amides is 1. The van der Waals surface area contributed by atoms with E-state index in [0.29, 0.717) is 30.7 Å². The molecule has 0 atom stereocenters. The highest BCUT2D eigenvalue weighted by Crippen LogP contribution is 2.17. The lowest BCUT2D eigenvalue weighted by atomic mass is 10.1. The van der Waals surface area contributed by atoms with Gasteiger partial charge in [-0.15, -0.1) is 0 Å². The first-order valence-corrected chi connectivity index (χ1v) is 8.10. The minimum atomic E-state index is -0.157. The third-order valence-electron chi connectivity index (χ3n) is 4.31. The van der Waals surface area contributed by atoms with Crippen molar-refractivity contribution in [1.29, 1.82) is 0 Å². The average Bonchev–Trinajstić information content (AvgIpc) is 3.12. The molecule has 1 amide bonds. The van der Waals surface area contributed by atoms with E-state index in [2.05, 4.69) is 4.98 Å². The zero-order valence-corrected chi connectivity index (χ0v) is 14.1. The molecule has 0 aliphatic heterocycles. The molecule has 1 N–H and O–H groups in total. The van der Waals surface area contributed by atoms with Gasteiger partial charge in [0.25, 0.3) is 5.91 Å². The summed E-state index contributed by atoms with van der Waals surface area (Å²) in [5, 5.41) is 0. The zero-order chi connectivity index (χ0) is 17.3. The molecule has 0 radical (unpaired) electrons. The molecule has 1 aromatic carbocycles. The number of aromatic nitrogens is 2. The summed E-state index contributed by atoms with van der Waals surface area (Å²) in [6, 6.07) is 7.21. The van der Waals surface area contributed by atoms with E-state index >= 15 is 0 Å². The zero-order valence-electron chi connectivity index (χ0n) is 14.1. The molecule has 24 heavy (non-hydrogen) atoms. The van der Waals surface area contributed by atoms with Gasteiger partial charge >= 0.3 is 5.69 Å². The van der Waals surface area contributed by atoms with Crippen molar-refractivity contribution in [3.05, 3.63) is 57.9 Å². The smallest absolute Gasteiger partial charge is 0.326 e. The van der Waals surface area contributed by atoms with Crippen molar-refractivity contribution < 1.29 is 9.21 Å². The number of hydrogen-bond acceptors (Lipinski definition) is 3. The van der Waals surface area contributed by atoms with Gasteiger partial charge in [-0.1, -0.05) is 0 Å². The van der Waals surface area contributed by atoms with Crippen LogP contribution in [0.5, 0.6) is 0 Å². The van der Waals surface area contributed by atoms with Crippen LogP contribution in [0.3, 0.4) is 0 Å². The first kappa shape index (κ1) is 16.1. The van der Waals surface area contributed by atoms with Crippen LogP contribution in [0, 0.1) is 6.92 Å². The van der Waals surface area contributed by atoms with Crippen LogP contribution in [-0.4, -0.2) is 26.9 Å². The van der Waals surface area contributed by atoms with Gasteiger partial charge < -0.3 is 14.3 Å². The Morgan fingerprint density at radius 1 is 1.29 bits per heavy atom. The van der Waals surface area contributed by atoms with Crippen LogP contribution < -0.4 is 5.69 Å². The Morgan fingerprint density at radius 3 is 2.71 bits per heavy atom. The number of fused-ring (bicyclic) bond motifs is 1. The van der Waals surface area contributed by atoms with Gasteiger partial charge in [0.15, 0.2) is 0 Å². The monoisotopic (exact) mass is 327 g/mol. The summed E-state index contributed by atoms with van der Waals surface area (Å²) in [7, 11) is 0. The molecule has 2 aromatic heterocycles. The van der Waals surface area contributed by atoms with Crippen LogP contribution >= 0.6 is 0 Å². The Labute approximate surface area is 139 Å². The molecule has 0 saturated carbocycles. The molecule has 2 heterocycles. The molecule has 0 spiro atoms. The highest BCUT2D eigenvalue weighted by molar-refractivity contribution is 5.97. The average molecular weight is 327 g/mol. The maximum Gasteiger partial charge on any atom is 0.326 e. The molecule has 3 rings (SSSR count). The minimum Gasteiger partial charge on any atom is -0.467 e. The number of imidazole rings is 1. The van der Waals surface area contributed by atoms with E-state index in [1.54, 1.807) is 27.9 Å². The normalized spacial score (nSPS) is 11.1. The Hall–Kier alpha value is -2.76. The van der Waals surface area contributed by atoms with Crippen LogP contribution in [0.25, 0.3) is 11.0 Å². The summed E-state index contributed by atoms with van der Waals surface area (Å²) in [6.07, 6.45) is 1.63. The van der Waals surface area contributed by atoms with Gasteiger partial charge in [0.05, 0.1) is 23.8 Å². The van der Waals surface area contributed by atoms with E-state index in [0.717, 1.165) is 16.8 Å². The third kappa shape index (κ3) is 2.75. The highest BCUT2D eigenvalue weighted by Gasteiger charge is 2.18. The molecule has 0 saturated heterocycles. The maximum absolute atomic E-state index is 12.8. The SMILES string of the molecule is CCN(Cc1occc1C)C(=O)c1ccc2c(c1)[nH]c(=O)n2CC. The minimum absolute atomic E-state index is 0.0831. The Bertz CT molecular complexity index is 933.